The summed E-state index contributed by atoms with van der Waals surface area (Å²) in [6.45, 7) is 3.05. The molecule has 0 bridgehead atoms. The predicted molar refractivity (Wildman–Crippen MR) is 95.0 cm³/mol. The molecule has 1 unspecified atom stereocenters. The molecule has 0 amide bonds. The van der Waals surface area contributed by atoms with Gasteiger partial charge in [-0.15, -0.1) is 0 Å². The molecule has 1 N–H and O–H groups in total. The van der Waals surface area contributed by atoms with Crippen LogP contribution in [0.25, 0.3) is 0 Å². The van der Waals surface area contributed by atoms with Crippen LogP contribution >= 0.6 is 31.9 Å². The fraction of sp³-hybridized carbons (Fsp3) is 0.294. The van der Waals surface area contributed by atoms with Crippen LogP contribution < -0.4 is 10.1 Å². The summed E-state index contributed by atoms with van der Waals surface area (Å²) in [6.07, 6.45) is 0.917. The van der Waals surface area contributed by atoms with Crippen molar-refractivity contribution < 1.29 is 4.74 Å². The molecule has 1 atom stereocenters. The standard InChI is InChI=1S/C17H19Br2NO/c1-3-20-17(15-11-13(18)7-8-16(15)19)10-12-5-4-6-14(9-12)21-2/h4-9,11,17,20H,3,10H2,1-2H3. The number of hydrogen-bond donors (Lipinski definition) is 1. The monoisotopic (exact) mass is 411 g/mol. The first-order chi connectivity index (χ1) is 10.1. The smallest absolute Gasteiger partial charge is 0.119 e. The van der Waals surface area contributed by atoms with Gasteiger partial charge in [0.05, 0.1) is 7.11 Å². The lowest BCUT2D eigenvalue weighted by Gasteiger charge is -2.20. The van der Waals surface area contributed by atoms with E-state index in [2.05, 4.69) is 68.4 Å². The highest BCUT2D eigenvalue weighted by molar-refractivity contribution is 9.11. The first-order valence-electron chi connectivity index (χ1n) is 6.95. The summed E-state index contributed by atoms with van der Waals surface area (Å²) in [7, 11) is 1.70. The molecule has 0 fully saturated rings. The topological polar surface area (TPSA) is 21.3 Å². The molecular weight excluding hydrogens is 394 g/mol. The Morgan fingerprint density at radius 3 is 2.67 bits per heavy atom. The van der Waals surface area contributed by atoms with Crippen molar-refractivity contribution >= 4 is 31.9 Å². The second kappa shape index (κ2) is 7.97. The van der Waals surface area contributed by atoms with E-state index in [1.807, 2.05) is 18.2 Å². The van der Waals surface area contributed by atoms with Crippen LogP contribution in [-0.2, 0) is 6.42 Å². The maximum Gasteiger partial charge on any atom is 0.119 e. The average molecular weight is 413 g/mol. The SMILES string of the molecule is CCNC(Cc1cccc(OC)c1)c1cc(Br)ccc1Br. The van der Waals surface area contributed by atoms with Gasteiger partial charge in [0.15, 0.2) is 0 Å². The van der Waals surface area contributed by atoms with Gasteiger partial charge in [0.25, 0.3) is 0 Å². The molecule has 2 rings (SSSR count). The van der Waals surface area contributed by atoms with E-state index in [0.717, 1.165) is 27.7 Å². The predicted octanol–water partition coefficient (Wildman–Crippen LogP) is 5.11. The number of likely N-dealkylation sites (N-methyl/N-ethyl adjacent to an activating group) is 1. The zero-order valence-electron chi connectivity index (χ0n) is 12.2. The van der Waals surface area contributed by atoms with Gasteiger partial charge in [-0.1, -0.05) is 50.9 Å². The normalized spacial score (nSPS) is 12.2. The summed E-state index contributed by atoms with van der Waals surface area (Å²) in [5.74, 6) is 0.899. The maximum absolute atomic E-state index is 5.31. The van der Waals surface area contributed by atoms with Crippen molar-refractivity contribution in [2.45, 2.75) is 19.4 Å². The quantitative estimate of drug-likeness (QED) is 0.711. The third-order valence-corrected chi connectivity index (χ3v) is 4.57. The minimum absolute atomic E-state index is 0.258. The molecule has 2 aromatic rings. The molecule has 0 aliphatic heterocycles. The highest BCUT2D eigenvalue weighted by atomic mass is 79.9. The number of benzene rings is 2. The summed E-state index contributed by atoms with van der Waals surface area (Å²) in [4.78, 5) is 0. The van der Waals surface area contributed by atoms with Crippen LogP contribution in [0.15, 0.2) is 51.4 Å². The van der Waals surface area contributed by atoms with Crippen molar-refractivity contribution in [3.63, 3.8) is 0 Å². The van der Waals surface area contributed by atoms with Crippen molar-refractivity contribution in [3.05, 3.63) is 62.5 Å². The van der Waals surface area contributed by atoms with E-state index in [9.17, 15) is 0 Å². The third-order valence-electron chi connectivity index (χ3n) is 3.36. The summed E-state index contributed by atoms with van der Waals surface area (Å²) in [6, 6.07) is 14.8. The minimum Gasteiger partial charge on any atom is -0.497 e. The highest BCUT2D eigenvalue weighted by Crippen LogP contribution is 2.29. The number of halogens is 2. The molecule has 0 radical (unpaired) electrons. The molecule has 0 saturated carbocycles. The minimum atomic E-state index is 0.258. The largest absolute Gasteiger partial charge is 0.497 e. The van der Waals surface area contributed by atoms with Crippen LogP contribution in [0.2, 0.25) is 0 Å². The van der Waals surface area contributed by atoms with Crippen molar-refractivity contribution in [2.24, 2.45) is 0 Å². The molecule has 21 heavy (non-hydrogen) atoms. The Labute approximate surface area is 143 Å². The number of rotatable bonds is 6. The number of hydrogen-bond acceptors (Lipinski definition) is 2. The Morgan fingerprint density at radius 2 is 1.95 bits per heavy atom. The fourth-order valence-corrected chi connectivity index (χ4v) is 3.26. The van der Waals surface area contributed by atoms with Gasteiger partial charge in [0.2, 0.25) is 0 Å². The summed E-state index contributed by atoms with van der Waals surface area (Å²) in [5, 5.41) is 3.56. The van der Waals surface area contributed by atoms with Gasteiger partial charge in [0.1, 0.15) is 5.75 Å². The van der Waals surface area contributed by atoms with Gasteiger partial charge in [-0.2, -0.15) is 0 Å². The van der Waals surface area contributed by atoms with Gasteiger partial charge >= 0.3 is 0 Å². The summed E-state index contributed by atoms with van der Waals surface area (Å²) in [5.41, 5.74) is 2.52. The van der Waals surface area contributed by atoms with E-state index in [4.69, 9.17) is 4.74 Å². The summed E-state index contributed by atoms with van der Waals surface area (Å²) < 4.78 is 7.52. The zero-order chi connectivity index (χ0) is 15.2. The zero-order valence-corrected chi connectivity index (χ0v) is 15.4. The van der Waals surface area contributed by atoms with E-state index >= 15 is 0 Å². The Morgan fingerprint density at radius 1 is 1.14 bits per heavy atom. The van der Waals surface area contributed by atoms with Crippen LogP contribution in [-0.4, -0.2) is 13.7 Å². The van der Waals surface area contributed by atoms with Crippen LogP contribution in [0.4, 0.5) is 0 Å². The lowest BCUT2D eigenvalue weighted by molar-refractivity contribution is 0.414. The molecule has 2 aromatic carbocycles. The van der Waals surface area contributed by atoms with Crippen molar-refractivity contribution in [1.29, 1.82) is 0 Å². The van der Waals surface area contributed by atoms with E-state index < -0.39 is 0 Å². The van der Waals surface area contributed by atoms with Gasteiger partial charge in [-0.25, -0.2) is 0 Å². The summed E-state index contributed by atoms with van der Waals surface area (Å²) >= 11 is 7.21. The van der Waals surface area contributed by atoms with Crippen LogP contribution in [0.1, 0.15) is 24.1 Å². The van der Waals surface area contributed by atoms with Gasteiger partial charge in [-0.3, -0.25) is 0 Å². The first kappa shape index (κ1) is 16.5. The second-order valence-electron chi connectivity index (χ2n) is 4.83. The first-order valence-corrected chi connectivity index (χ1v) is 8.54. The molecule has 4 heteroatoms. The van der Waals surface area contributed by atoms with Crippen LogP contribution in [0.3, 0.4) is 0 Å². The molecule has 0 aliphatic carbocycles. The molecule has 0 heterocycles. The lowest BCUT2D eigenvalue weighted by atomic mass is 9.98. The average Bonchev–Trinajstić information content (AvgIpc) is 2.49. The highest BCUT2D eigenvalue weighted by Gasteiger charge is 2.15. The van der Waals surface area contributed by atoms with Crippen LogP contribution in [0.5, 0.6) is 5.75 Å². The molecule has 2 nitrogen and oxygen atoms in total. The number of ether oxygens (including phenoxy) is 1. The molecule has 0 aromatic heterocycles. The van der Waals surface area contributed by atoms with E-state index in [1.54, 1.807) is 7.11 Å². The molecule has 0 aliphatic rings. The van der Waals surface area contributed by atoms with E-state index in [-0.39, 0.29) is 6.04 Å². The van der Waals surface area contributed by atoms with E-state index in [0.29, 0.717) is 0 Å². The Hall–Kier alpha value is -0.840. The van der Waals surface area contributed by atoms with Crippen LogP contribution in [0, 0.1) is 0 Å². The van der Waals surface area contributed by atoms with Gasteiger partial charge in [0, 0.05) is 15.0 Å². The molecular formula is C17H19Br2NO. The third kappa shape index (κ3) is 4.56. The van der Waals surface area contributed by atoms with Crippen molar-refractivity contribution in [2.75, 3.05) is 13.7 Å². The number of methoxy groups -OCH3 is 1. The van der Waals surface area contributed by atoms with Crippen molar-refractivity contribution in [3.8, 4) is 5.75 Å². The number of nitrogens with one attached hydrogen (secondary N) is 1. The Kier molecular flexibility index (Phi) is 6.27. The second-order valence-corrected chi connectivity index (χ2v) is 6.60. The van der Waals surface area contributed by atoms with Gasteiger partial charge in [-0.05, 0) is 54.4 Å². The van der Waals surface area contributed by atoms with E-state index in [1.165, 1.54) is 11.1 Å². The Bertz CT molecular complexity index is 601. The fourth-order valence-electron chi connectivity index (χ4n) is 2.36. The molecule has 112 valence electrons. The Balaban J connectivity index is 2.28. The van der Waals surface area contributed by atoms with Gasteiger partial charge < -0.3 is 10.1 Å². The molecule has 0 spiro atoms. The molecule has 0 saturated heterocycles. The maximum atomic E-state index is 5.31. The lowest BCUT2D eigenvalue weighted by Crippen LogP contribution is -2.23. The van der Waals surface area contributed by atoms with Crippen molar-refractivity contribution in [1.82, 2.24) is 5.32 Å².